The van der Waals surface area contributed by atoms with Crippen molar-refractivity contribution in [1.82, 2.24) is 0 Å². The van der Waals surface area contributed by atoms with Crippen LogP contribution in [0.3, 0.4) is 0 Å². The van der Waals surface area contributed by atoms with Crippen LogP contribution in [-0.4, -0.2) is 31.1 Å². The fourth-order valence-electron chi connectivity index (χ4n) is 2.98. The highest BCUT2D eigenvalue weighted by atomic mass is 32.2. The summed E-state index contributed by atoms with van der Waals surface area (Å²) in [7, 11) is 1.57. The molecule has 0 spiro atoms. The first-order valence-electron chi connectivity index (χ1n) is 9.23. The van der Waals surface area contributed by atoms with E-state index in [0.717, 1.165) is 10.5 Å². The van der Waals surface area contributed by atoms with Gasteiger partial charge < -0.3 is 13.7 Å². The first-order valence-corrected chi connectivity index (χ1v) is 9.97. The van der Waals surface area contributed by atoms with Crippen LogP contribution in [0.2, 0.25) is 0 Å². The topological polar surface area (TPSA) is 61.8 Å². The van der Waals surface area contributed by atoms with Crippen molar-refractivity contribution >= 4 is 23.8 Å². The highest BCUT2D eigenvalue weighted by Crippen LogP contribution is 2.37. The highest BCUT2D eigenvalue weighted by Gasteiger charge is 2.33. The maximum absolute atomic E-state index is 12.5. The molecule has 0 amide bonds. The molecule has 1 heterocycles. The monoisotopic (exact) mass is 410 g/mol. The summed E-state index contributed by atoms with van der Waals surface area (Å²) >= 11 is 1.17. The lowest BCUT2D eigenvalue weighted by Gasteiger charge is -2.32. The first-order chi connectivity index (χ1) is 13.8. The van der Waals surface area contributed by atoms with Gasteiger partial charge in [-0.1, -0.05) is 11.8 Å². The Hall–Kier alpha value is -2.75. The smallest absolute Gasteiger partial charge is 0.338 e. The second kappa shape index (κ2) is 8.73. The summed E-state index contributed by atoms with van der Waals surface area (Å²) in [6.07, 6.45) is 0.318. The second-order valence-electron chi connectivity index (χ2n) is 7.10. The van der Waals surface area contributed by atoms with Gasteiger partial charge in [0.05, 0.1) is 36.2 Å². The largest absolute Gasteiger partial charge is 0.487 e. The van der Waals surface area contributed by atoms with Crippen LogP contribution in [0.15, 0.2) is 41.3 Å². The minimum atomic E-state index is -0.535. The van der Waals surface area contributed by atoms with Gasteiger partial charge >= 0.3 is 5.97 Å². The Balaban J connectivity index is 1.93. The van der Waals surface area contributed by atoms with Gasteiger partial charge in [0.15, 0.2) is 5.78 Å². The van der Waals surface area contributed by atoms with E-state index in [1.807, 2.05) is 13.8 Å². The lowest BCUT2D eigenvalue weighted by molar-refractivity contribution is 0.0525. The summed E-state index contributed by atoms with van der Waals surface area (Å²) in [5.74, 6) is 6.40. The molecule has 0 saturated heterocycles. The van der Waals surface area contributed by atoms with E-state index in [1.54, 1.807) is 50.4 Å². The van der Waals surface area contributed by atoms with Crippen LogP contribution >= 0.6 is 12.0 Å². The van der Waals surface area contributed by atoms with Crippen molar-refractivity contribution in [3.63, 3.8) is 0 Å². The lowest BCUT2D eigenvalue weighted by atomic mass is 9.92. The van der Waals surface area contributed by atoms with E-state index in [0.29, 0.717) is 35.5 Å². The van der Waals surface area contributed by atoms with Crippen LogP contribution in [-0.2, 0) is 8.92 Å². The quantitative estimate of drug-likeness (QED) is 0.415. The van der Waals surface area contributed by atoms with Crippen LogP contribution < -0.4 is 4.74 Å². The van der Waals surface area contributed by atoms with E-state index < -0.39 is 5.60 Å². The number of benzene rings is 2. The number of esters is 1. The van der Waals surface area contributed by atoms with Gasteiger partial charge in [0.1, 0.15) is 11.4 Å². The Morgan fingerprint density at radius 3 is 2.59 bits per heavy atom. The Morgan fingerprint density at radius 2 is 1.93 bits per heavy atom. The van der Waals surface area contributed by atoms with Crippen molar-refractivity contribution in [1.29, 1.82) is 0 Å². The van der Waals surface area contributed by atoms with Gasteiger partial charge in [-0.3, -0.25) is 4.79 Å². The molecule has 0 radical (unpaired) electrons. The molecule has 3 rings (SSSR count). The van der Waals surface area contributed by atoms with Crippen LogP contribution in [0.5, 0.6) is 5.75 Å². The van der Waals surface area contributed by atoms with Crippen molar-refractivity contribution < 1.29 is 23.2 Å². The summed E-state index contributed by atoms with van der Waals surface area (Å²) in [4.78, 5) is 25.1. The molecule has 0 fully saturated rings. The maximum atomic E-state index is 12.5. The Labute approximate surface area is 174 Å². The molecule has 2 aromatic carbocycles. The van der Waals surface area contributed by atoms with Crippen LogP contribution in [0.25, 0.3) is 0 Å². The zero-order valence-corrected chi connectivity index (χ0v) is 17.6. The molecule has 0 atom stereocenters. The minimum Gasteiger partial charge on any atom is -0.487 e. The average Bonchev–Trinajstić information content (AvgIpc) is 2.66. The standard InChI is InChI=1S/C23H22O5S/c1-5-27-22(25)16-9-6-15(7-10-16)8-11-17-12-18-19(24)14-23(2,3)28-20(18)13-21(17)29-26-4/h6-7,9-10,12-13H,5,14H2,1-4H3. The fraction of sp³-hybridized carbons (Fsp3) is 0.304. The van der Waals surface area contributed by atoms with Crippen molar-refractivity contribution in [2.75, 3.05) is 13.7 Å². The number of carbonyl (C=O) groups excluding carboxylic acids is 2. The number of carbonyl (C=O) groups is 2. The third-order valence-corrected chi connectivity index (χ3v) is 4.95. The molecule has 29 heavy (non-hydrogen) atoms. The molecule has 1 aliphatic heterocycles. The van der Waals surface area contributed by atoms with E-state index in [-0.39, 0.29) is 11.8 Å². The predicted molar refractivity (Wildman–Crippen MR) is 111 cm³/mol. The molecule has 1 aliphatic rings. The lowest BCUT2D eigenvalue weighted by Crippen LogP contribution is -2.35. The molecule has 0 N–H and O–H groups in total. The zero-order chi connectivity index (χ0) is 21.0. The fourth-order valence-corrected chi connectivity index (χ4v) is 3.51. The molecule has 0 saturated carbocycles. The third kappa shape index (κ3) is 5.00. The normalized spacial score (nSPS) is 14.3. The minimum absolute atomic E-state index is 0.0343. The molecule has 6 heteroatoms. The molecule has 150 valence electrons. The first kappa shape index (κ1) is 21.0. The van der Waals surface area contributed by atoms with Crippen LogP contribution in [0.1, 0.15) is 59.0 Å². The molecule has 0 aromatic heterocycles. The van der Waals surface area contributed by atoms with Gasteiger partial charge in [-0.05, 0) is 57.2 Å². The van der Waals surface area contributed by atoms with Crippen LogP contribution in [0, 0.1) is 11.8 Å². The summed E-state index contributed by atoms with van der Waals surface area (Å²) in [6, 6.07) is 10.4. The number of hydrogen-bond acceptors (Lipinski definition) is 6. The van der Waals surface area contributed by atoms with E-state index in [9.17, 15) is 9.59 Å². The summed E-state index contributed by atoms with van der Waals surface area (Å²) < 4.78 is 16.2. The maximum Gasteiger partial charge on any atom is 0.338 e. The number of ketones is 1. The van der Waals surface area contributed by atoms with Gasteiger partial charge in [0.2, 0.25) is 0 Å². The molecular formula is C23H22O5S. The SMILES string of the molecule is CCOC(=O)c1ccc(C#Cc2cc3c(cc2SOC)OC(C)(C)CC3=O)cc1. The predicted octanol–water partition coefficient (Wildman–Crippen LogP) is 4.66. The number of Topliss-reactive ketones (excluding diaryl/α,β-unsaturated/α-hetero) is 1. The van der Waals surface area contributed by atoms with Gasteiger partial charge in [0.25, 0.3) is 0 Å². The highest BCUT2D eigenvalue weighted by molar-refractivity contribution is 7.94. The Morgan fingerprint density at radius 1 is 1.21 bits per heavy atom. The number of hydrogen-bond donors (Lipinski definition) is 0. The van der Waals surface area contributed by atoms with Crippen molar-refractivity contribution in [2.24, 2.45) is 0 Å². The van der Waals surface area contributed by atoms with Gasteiger partial charge in [-0.2, -0.15) is 0 Å². The molecule has 2 aromatic rings. The van der Waals surface area contributed by atoms with Gasteiger partial charge in [0, 0.05) is 23.2 Å². The summed E-state index contributed by atoms with van der Waals surface area (Å²) in [5.41, 5.74) is 1.90. The summed E-state index contributed by atoms with van der Waals surface area (Å²) in [6.45, 7) is 5.89. The molecule has 0 bridgehead atoms. The zero-order valence-electron chi connectivity index (χ0n) is 16.8. The van der Waals surface area contributed by atoms with Crippen molar-refractivity contribution in [2.45, 2.75) is 37.7 Å². The average molecular weight is 410 g/mol. The summed E-state index contributed by atoms with van der Waals surface area (Å²) in [5, 5.41) is 0. The van der Waals surface area contributed by atoms with Crippen molar-refractivity contribution in [3.8, 4) is 17.6 Å². The van der Waals surface area contributed by atoms with Gasteiger partial charge in [-0.25, -0.2) is 4.79 Å². The van der Waals surface area contributed by atoms with E-state index in [1.165, 1.54) is 12.0 Å². The Kier molecular flexibility index (Phi) is 6.31. The number of ether oxygens (including phenoxy) is 2. The third-order valence-electron chi connectivity index (χ3n) is 4.27. The second-order valence-corrected chi connectivity index (χ2v) is 8.04. The van der Waals surface area contributed by atoms with Gasteiger partial charge in [-0.15, -0.1) is 0 Å². The molecule has 0 unspecified atom stereocenters. The molecular weight excluding hydrogens is 388 g/mol. The van der Waals surface area contributed by atoms with E-state index >= 15 is 0 Å². The number of rotatable bonds is 4. The van der Waals surface area contributed by atoms with E-state index in [4.69, 9.17) is 13.7 Å². The molecule has 5 nitrogen and oxygen atoms in total. The van der Waals surface area contributed by atoms with E-state index in [2.05, 4.69) is 11.8 Å². The van der Waals surface area contributed by atoms with Crippen molar-refractivity contribution in [3.05, 3.63) is 58.7 Å². The molecule has 0 aliphatic carbocycles. The van der Waals surface area contributed by atoms with Crippen LogP contribution in [0.4, 0.5) is 0 Å². The number of fused-ring (bicyclic) bond motifs is 1. The Bertz CT molecular complexity index is 996.